The molecule has 0 saturated heterocycles. The topological polar surface area (TPSA) is 64.1 Å². The zero-order valence-electron chi connectivity index (χ0n) is 11.7. The van der Waals surface area contributed by atoms with Crippen molar-refractivity contribution in [3.8, 4) is 0 Å². The number of hydrogen-bond donors (Lipinski definition) is 1. The third-order valence-corrected chi connectivity index (χ3v) is 3.78. The van der Waals surface area contributed by atoms with Crippen LogP contribution in [0.1, 0.15) is 36.1 Å². The minimum Gasteiger partial charge on any atom is -0.462 e. The van der Waals surface area contributed by atoms with Crippen molar-refractivity contribution in [1.82, 2.24) is 9.97 Å². The fraction of sp³-hybridized carbons (Fsp3) is 0.357. The molecule has 0 bridgehead atoms. The normalized spacial score (nSPS) is 11.2. The molecule has 0 radical (unpaired) electrons. The van der Waals surface area contributed by atoms with E-state index in [4.69, 9.17) is 4.74 Å². The Balaban J connectivity index is 2.09. The first-order chi connectivity index (χ1) is 9.53. The number of nitrogens with one attached hydrogen (secondary N) is 1. The molecule has 2 aromatic rings. The van der Waals surface area contributed by atoms with Gasteiger partial charge in [-0.05, 0) is 32.9 Å². The number of hydrogen-bond acceptors (Lipinski definition) is 6. The lowest BCUT2D eigenvalue weighted by molar-refractivity contribution is 0.0526. The van der Waals surface area contributed by atoms with Gasteiger partial charge in [-0.15, -0.1) is 11.3 Å². The Morgan fingerprint density at radius 2 is 2.20 bits per heavy atom. The highest BCUT2D eigenvalue weighted by molar-refractivity contribution is 7.09. The van der Waals surface area contributed by atoms with Crippen molar-refractivity contribution < 1.29 is 9.53 Å². The summed E-state index contributed by atoms with van der Waals surface area (Å²) >= 11 is 1.59. The zero-order valence-corrected chi connectivity index (χ0v) is 12.5. The Bertz CT molecular complexity index is 565. The van der Waals surface area contributed by atoms with Crippen LogP contribution in [0.15, 0.2) is 29.9 Å². The predicted molar refractivity (Wildman–Crippen MR) is 79.0 cm³/mol. The van der Waals surface area contributed by atoms with Crippen LogP contribution >= 0.6 is 11.3 Å². The molecule has 2 heterocycles. The molecule has 106 valence electrons. The molecule has 0 unspecified atom stereocenters. The lowest BCUT2D eigenvalue weighted by atomic mass is 10.1. The van der Waals surface area contributed by atoms with E-state index in [0.29, 0.717) is 18.0 Å². The highest BCUT2D eigenvalue weighted by atomic mass is 32.1. The summed E-state index contributed by atoms with van der Waals surface area (Å²) in [5.41, 5.74) is 0.136. The molecule has 2 rings (SSSR count). The Labute approximate surface area is 122 Å². The number of esters is 1. The fourth-order valence-corrected chi connectivity index (χ4v) is 2.43. The van der Waals surface area contributed by atoms with Crippen LogP contribution in [0.2, 0.25) is 0 Å². The molecule has 0 aliphatic rings. The van der Waals surface area contributed by atoms with Gasteiger partial charge >= 0.3 is 5.97 Å². The van der Waals surface area contributed by atoms with Gasteiger partial charge in [0.2, 0.25) is 0 Å². The number of anilines is 1. The highest BCUT2D eigenvalue weighted by Gasteiger charge is 2.23. The maximum Gasteiger partial charge on any atom is 0.339 e. The minimum absolute atomic E-state index is 0.313. The molecule has 20 heavy (non-hydrogen) atoms. The first-order valence-corrected chi connectivity index (χ1v) is 7.22. The van der Waals surface area contributed by atoms with Crippen LogP contribution in [0.5, 0.6) is 0 Å². The van der Waals surface area contributed by atoms with E-state index in [1.165, 1.54) is 6.20 Å². The van der Waals surface area contributed by atoms with Crippen molar-refractivity contribution in [2.45, 2.75) is 26.3 Å². The Kier molecular flexibility index (Phi) is 4.34. The van der Waals surface area contributed by atoms with E-state index >= 15 is 0 Å². The van der Waals surface area contributed by atoms with Gasteiger partial charge in [-0.1, -0.05) is 0 Å². The van der Waals surface area contributed by atoms with E-state index in [9.17, 15) is 4.79 Å². The first kappa shape index (κ1) is 14.5. The summed E-state index contributed by atoms with van der Waals surface area (Å²) in [4.78, 5) is 20.1. The van der Waals surface area contributed by atoms with Crippen LogP contribution in [0.25, 0.3) is 0 Å². The van der Waals surface area contributed by atoms with Gasteiger partial charge in [-0.3, -0.25) is 0 Å². The van der Waals surface area contributed by atoms with Crippen LogP contribution in [0.4, 0.5) is 5.82 Å². The summed E-state index contributed by atoms with van der Waals surface area (Å²) in [6.07, 6.45) is 3.29. The number of ether oxygens (including phenoxy) is 1. The van der Waals surface area contributed by atoms with Gasteiger partial charge in [0.15, 0.2) is 0 Å². The Morgan fingerprint density at radius 1 is 1.40 bits per heavy atom. The molecule has 0 aliphatic carbocycles. The van der Waals surface area contributed by atoms with Crippen LogP contribution < -0.4 is 5.32 Å². The van der Waals surface area contributed by atoms with E-state index in [0.717, 1.165) is 5.01 Å². The third kappa shape index (κ3) is 3.33. The molecule has 0 saturated carbocycles. The number of pyridine rings is 1. The van der Waals surface area contributed by atoms with E-state index in [1.807, 2.05) is 19.2 Å². The van der Waals surface area contributed by atoms with Gasteiger partial charge in [0.25, 0.3) is 0 Å². The zero-order chi connectivity index (χ0) is 14.6. The molecule has 2 aromatic heterocycles. The lowest BCUT2D eigenvalue weighted by Gasteiger charge is -2.24. The summed E-state index contributed by atoms with van der Waals surface area (Å²) in [6.45, 7) is 6.20. The molecular formula is C14H17N3O2S. The predicted octanol–water partition coefficient (Wildman–Crippen LogP) is 3.06. The van der Waals surface area contributed by atoms with E-state index in [1.54, 1.807) is 36.6 Å². The second-order valence-electron chi connectivity index (χ2n) is 4.74. The quantitative estimate of drug-likeness (QED) is 0.858. The van der Waals surface area contributed by atoms with Crippen molar-refractivity contribution in [1.29, 1.82) is 0 Å². The number of aromatic nitrogens is 2. The standard InChI is InChI=1S/C14H17N3O2S/c1-4-19-12(18)10-5-6-11(16-9-10)17-14(2,3)13-15-7-8-20-13/h5-9H,4H2,1-3H3,(H,16,17). The number of carbonyl (C=O) groups excluding carboxylic acids is 1. The monoisotopic (exact) mass is 291 g/mol. The van der Waals surface area contributed by atoms with Crippen molar-refractivity contribution in [3.05, 3.63) is 40.5 Å². The van der Waals surface area contributed by atoms with Crippen LogP contribution in [0, 0.1) is 0 Å². The Hall–Kier alpha value is -1.95. The van der Waals surface area contributed by atoms with Crippen LogP contribution in [-0.4, -0.2) is 22.5 Å². The molecule has 1 N–H and O–H groups in total. The average Bonchev–Trinajstić information content (AvgIpc) is 2.94. The van der Waals surface area contributed by atoms with Crippen LogP contribution in [0.3, 0.4) is 0 Å². The van der Waals surface area contributed by atoms with E-state index < -0.39 is 0 Å². The fourth-order valence-electron chi connectivity index (χ4n) is 1.71. The van der Waals surface area contributed by atoms with Gasteiger partial charge < -0.3 is 10.1 Å². The molecule has 6 heteroatoms. The summed E-state index contributed by atoms with van der Waals surface area (Å²) in [5.74, 6) is 0.337. The smallest absolute Gasteiger partial charge is 0.339 e. The molecule has 0 atom stereocenters. The highest BCUT2D eigenvalue weighted by Crippen LogP contribution is 2.26. The summed E-state index contributed by atoms with van der Waals surface area (Å²) in [6, 6.07) is 3.47. The van der Waals surface area contributed by atoms with Gasteiger partial charge in [0.05, 0.1) is 17.7 Å². The number of nitrogens with zero attached hydrogens (tertiary/aromatic N) is 2. The minimum atomic E-state index is -0.356. The van der Waals surface area contributed by atoms with Gasteiger partial charge in [0.1, 0.15) is 10.8 Å². The van der Waals surface area contributed by atoms with Gasteiger partial charge in [0, 0.05) is 17.8 Å². The lowest BCUT2D eigenvalue weighted by Crippen LogP contribution is -2.28. The SMILES string of the molecule is CCOC(=O)c1ccc(NC(C)(C)c2nccs2)nc1. The van der Waals surface area contributed by atoms with Crippen LogP contribution in [-0.2, 0) is 10.3 Å². The van der Waals surface area contributed by atoms with Crippen molar-refractivity contribution in [3.63, 3.8) is 0 Å². The maximum atomic E-state index is 11.5. The molecule has 0 aliphatic heterocycles. The second-order valence-corrected chi connectivity index (χ2v) is 5.63. The van der Waals surface area contributed by atoms with Gasteiger partial charge in [-0.25, -0.2) is 14.8 Å². The molecule has 0 fully saturated rings. The van der Waals surface area contributed by atoms with Crippen molar-refractivity contribution >= 4 is 23.1 Å². The summed E-state index contributed by atoms with van der Waals surface area (Å²) < 4.78 is 4.92. The van der Waals surface area contributed by atoms with Gasteiger partial charge in [-0.2, -0.15) is 0 Å². The number of carbonyl (C=O) groups is 1. The largest absolute Gasteiger partial charge is 0.462 e. The number of thiazole rings is 1. The third-order valence-electron chi connectivity index (χ3n) is 2.68. The second kappa shape index (κ2) is 6.00. The van der Waals surface area contributed by atoms with Crippen molar-refractivity contribution in [2.75, 3.05) is 11.9 Å². The molecular weight excluding hydrogens is 274 g/mol. The molecule has 0 spiro atoms. The Morgan fingerprint density at radius 3 is 2.75 bits per heavy atom. The molecule has 0 amide bonds. The summed E-state index contributed by atoms with van der Waals surface area (Å²) in [7, 11) is 0. The first-order valence-electron chi connectivity index (χ1n) is 6.34. The summed E-state index contributed by atoms with van der Waals surface area (Å²) in [5, 5.41) is 6.22. The van der Waals surface area contributed by atoms with E-state index in [2.05, 4.69) is 15.3 Å². The van der Waals surface area contributed by atoms with Crippen molar-refractivity contribution in [2.24, 2.45) is 0 Å². The maximum absolute atomic E-state index is 11.5. The van der Waals surface area contributed by atoms with E-state index in [-0.39, 0.29) is 11.5 Å². The average molecular weight is 291 g/mol. The number of rotatable bonds is 5. The molecule has 0 aromatic carbocycles. The molecule has 5 nitrogen and oxygen atoms in total.